The fraction of sp³-hybridized carbons (Fsp3) is 0.600. The van der Waals surface area contributed by atoms with Crippen LogP contribution in [-0.4, -0.2) is 41.6 Å². The molecular formula is C20H26FN3O. The average Bonchev–Trinajstić information content (AvgIpc) is 3.17. The van der Waals surface area contributed by atoms with Crippen molar-refractivity contribution < 1.29 is 9.13 Å². The minimum Gasteiger partial charge on any atom is -0.481 e. The van der Waals surface area contributed by atoms with Crippen molar-refractivity contribution in [3.8, 4) is 5.88 Å². The summed E-state index contributed by atoms with van der Waals surface area (Å²) in [6, 6.07) is 3.61. The van der Waals surface area contributed by atoms with Crippen LogP contribution in [0, 0.1) is 17.2 Å². The Labute approximate surface area is 148 Å². The molecule has 2 aliphatic rings. The van der Waals surface area contributed by atoms with Gasteiger partial charge in [-0.1, -0.05) is 13.3 Å². The van der Waals surface area contributed by atoms with E-state index in [1.54, 1.807) is 13.2 Å². The number of nitrogens with zero attached hydrogens (tertiary/aromatic N) is 3. The van der Waals surface area contributed by atoms with E-state index in [9.17, 15) is 4.39 Å². The number of methoxy groups -OCH3 is 1. The number of aromatic nitrogens is 2. The number of rotatable bonds is 5. The third-order valence-corrected chi connectivity index (χ3v) is 6.44. The van der Waals surface area contributed by atoms with Crippen molar-refractivity contribution in [3.05, 3.63) is 29.7 Å². The first-order chi connectivity index (χ1) is 12.1. The molecule has 1 aliphatic carbocycles. The summed E-state index contributed by atoms with van der Waals surface area (Å²) in [4.78, 5) is 11.1. The van der Waals surface area contributed by atoms with Crippen molar-refractivity contribution in [1.82, 2.24) is 14.9 Å². The molecule has 4 nitrogen and oxygen atoms in total. The maximum atomic E-state index is 14.4. The van der Waals surface area contributed by atoms with Crippen LogP contribution in [-0.2, 0) is 6.42 Å². The molecule has 0 unspecified atom stereocenters. The molecule has 2 atom stereocenters. The molecule has 5 heteroatoms. The van der Waals surface area contributed by atoms with Crippen molar-refractivity contribution in [2.24, 2.45) is 11.3 Å². The quantitative estimate of drug-likeness (QED) is 0.827. The first kappa shape index (κ1) is 16.7. The van der Waals surface area contributed by atoms with Gasteiger partial charge in [-0.3, -0.25) is 4.98 Å². The van der Waals surface area contributed by atoms with Gasteiger partial charge < -0.3 is 9.64 Å². The van der Waals surface area contributed by atoms with Gasteiger partial charge in [-0.25, -0.2) is 9.37 Å². The number of pyridine rings is 2. The van der Waals surface area contributed by atoms with E-state index in [2.05, 4.69) is 21.8 Å². The number of hydrogen-bond acceptors (Lipinski definition) is 4. The Kier molecular flexibility index (Phi) is 4.36. The molecule has 1 aliphatic heterocycles. The summed E-state index contributed by atoms with van der Waals surface area (Å²) in [5.74, 6) is 1.06. The molecule has 0 aromatic carbocycles. The molecule has 2 aromatic heterocycles. The number of halogens is 1. The number of likely N-dealkylation sites (tertiary alicyclic amines) is 1. The normalized spacial score (nSPS) is 26.3. The van der Waals surface area contributed by atoms with E-state index in [1.165, 1.54) is 31.9 Å². The van der Waals surface area contributed by atoms with E-state index in [-0.39, 0.29) is 5.82 Å². The lowest BCUT2D eigenvalue weighted by Crippen LogP contribution is -2.28. The molecule has 1 saturated heterocycles. The summed E-state index contributed by atoms with van der Waals surface area (Å²) >= 11 is 0. The Balaban J connectivity index is 1.54. The smallest absolute Gasteiger partial charge is 0.213 e. The predicted octanol–water partition coefficient (Wildman–Crippen LogP) is 3.83. The molecule has 3 heterocycles. The monoisotopic (exact) mass is 343 g/mol. The van der Waals surface area contributed by atoms with E-state index in [4.69, 9.17) is 4.74 Å². The molecule has 25 heavy (non-hydrogen) atoms. The molecule has 1 saturated carbocycles. The van der Waals surface area contributed by atoms with Gasteiger partial charge in [0, 0.05) is 31.3 Å². The summed E-state index contributed by atoms with van der Waals surface area (Å²) in [5.41, 5.74) is 2.52. The highest BCUT2D eigenvalue weighted by Crippen LogP contribution is 2.50. The van der Waals surface area contributed by atoms with Crippen LogP contribution in [0.5, 0.6) is 5.88 Å². The second-order valence-electron chi connectivity index (χ2n) is 7.60. The molecule has 134 valence electrons. The van der Waals surface area contributed by atoms with Gasteiger partial charge in [0.2, 0.25) is 5.88 Å². The molecule has 2 fully saturated rings. The highest BCUT2D eigenvalue weighted by molar-refractivity contribution is 5.78. The second-order valence-corrected chi connectivity index (χ2v) is 7.60. The molecule has 0 bridgehead atoms. The van der Waals surface area contributed by atoms with E-state index < -0.39 is 0 Å². The number of fused-ring (bicyclic) bond motifs is 2. The van der Waals surface area contributed by atoms with Crippen LogP contribution in [0.3, 0.4) is 0 Å². The Morgan fingerprint density at radius 2 is 2.28 bits per heavy atom. The molecule has 2 aromatic rings. The highest BCUT2D eigenvalue weighted by atomic mass is 19.1. The predicted molar refractivity (Wildman–Crippen MR) is 96.3 cm³/mol. The lowest BCUT2D eigenvalue weighted by Gasteiger charge is -2.27. The first-order valence-corrected chi connectivity index (χ1v) is 9.35. The van der Waals surface area contributed by atoms with Crippen LogP contribution >= 0.6 is 0 Å². The summed E-state index contributed by atoms with van der Waals surface area (Å²) in [7, 11) is 1.58. The fourth-order valence-corrected chi connectivity index (χ4v) is 4.97. The van der Waals surface area contributed by atoms with Crippen molar-refractivity contribution >= 4 is 11.0 Å². The number of ether oxygens (including phenoxy) is 1. The zero-order valence-corrected chi connectivity index (χ0v) is 15.1. The molecule has 0 amide bonds. The summed E-state index contributed by atoms with van der Waals surface area (Å²) in [6.07, 6.45) is 7.33. The Bertz CT molecular complexity index is 781. The third-order valence-electron chi connectivity index (χ3n) is 6.44. The Hall–Kier alpha value is -1.75. The van der Waals surface area contributed by atoms with Crippen molar-refractivity contribution in [3.63, 3.8) is 0 Å². The van der Waals surface area contributed by atoms with E-state index in [0.29, 0.717) is 28.8 Å². The maximum Gasteiger partial charge on any atom is 0.213 e. The zero-order chi connectivity index (χ0) is 17.4. The van der Waals surface area contributed by atoms with Gasteiger partial charge in [0.1, 0.15) is 5.82 Å². The summed E-state index contributed by atoms with van der Waals surface area (Å²) < 4.78 is 19.6. The largest absolute Gasteiger partial charge is 0.481 e. The van der Waals surface area contributed by atoms with Gasteiger partial charge in [-0.15, -0.1) is 0 Å². The Morgan fingerprint density at radius 1 is 1.40 bits per heavy atom. The van der Waals surface area contributed by atoms with Crippen molar-refractivity contribution in [2.45, 2.75) is 39.0 Å². The van der Waals surface area contributed by atoms with E-state index >= 15 is 0 Å². The van der Waals surface area contributed by atoms with Gasteiger partial charge in [0.15, 0.2) is 0 Å². The molecule has 0 spiro atoms. The van der Waals surface area contributed by atoms with Gasteiger partial charge in [-0.05, 0) is 43.1 Å². The lowest BCUT2D eigenvalue weighted by atomic mass is 9.78. The standard InChI is InChI=1S/C20H26FN3O/c1-3-20-9-4-5-14(20)12-24(13-20)10-8-15-16(21)11-22-17-6-7-18(25-2)23-19(15)17/h6-7,11,14H,3-5,8-10,12-13H2,1-2H3/t14-,20+/m0/s1. The van der Waals surface area contributed by atoms with Crippen LogP contribution < -0.4 is 4.74 Å². The molecule has 0 radical (unpaired) electrons. The van der Waals surface area contributed by atoms with E-state index in [0.717, 1.165) is 31.1 Å². The first-order valence-electron chi connectivity index (χ1n) is 9.35. The van der Waals surface area contributed by atoms with Crippen LogP contribution in [0.4, 0.5) is 4.39 Å². The minimum absolute atomic E-state index is 0.266. The van der Waals surface area contributed by atoms with Crippen LogP contribution in [0.1, 0.15) is 38.2 Å². The average molecular weight is 343 g/mol. The van der Waals surface area contributed by atoms with Crippen molar-refractivity contribution in [1.29, 1.82) is 0 Å². The van der Waals surface area contributed by atoms with E-state index in [1.807, 2.05) is 6.07 Å². The second kappa shape index (κ2) is 6.52. The molecule has 4 rings (SSSR count). The Morgan fingerprint density at radius 3 is 3.04 bits per heavy atom. The SMILES string of the molecule is CC[C@]12CCC[C@H]1CN(CCc1c(F)cnc3ccc(OC)nc13)C2. The third kappa shape index (κ3) is 2.88. The van der Waals surface area contributed by atoms with Crippen molar-refractivity contribution in [2.75, 3.05) is 26.7 Å². The summed E-state index contributed by atoms with van der Waals surface area (Å²) in [5, 5.41) is 0. The lowest BCUT2D eigenvalue weighted by molar-refractivity contribution is 0.232. The fourth-order valence-electron chi connectivity index (χ4n) is 4.97. The van der Waals surface area contributed by atoms with Crippen LogP contribution in [0.2, 0.25) is 0 Å². The zero-order valence-electron chi connectivity index (χ0n) is 15.1. The van der Waals surface area contributed by atoms with Gasteiger partial charge in [-0.2, -0.15) is 0 Å². The van der Waals surface area contributed by atoms with Gasteiger partial charge in [0.05, 0.1) is 24.3 Å². The van der Waals surface area contributed by atoms with Gasteiger partial charge >= 0.3 is 0 Å². The van der Waals surface area contributed by atoms with Crippen LogP contribution in [0.15, 0.2) is 18.3 Å². The van der Waals surface area contributed by atoms with Gasteiger partial charge in [0.25, 0.3) is 0 Å². The maximum absolute atomic E-state index is 14.4. The number of hydrogen-bond donors (Lipinski definition) is 0. The van der Waals surface area contributed by atoms with Crippen LogP contribution in [0.25, 0.3) is 11.0 Å². The summed E-state index contributed by atoms with van der Waals surface area (Å²) in [6.45, 7) is 5.53. The minimum atomic E-state index is -0.266. The topological polar surface area (TPSA) is 38.2 Å². The highest BCUT2D eigenvalue weighted by Gasteiger charge is 2.47. The molecule has 0 N–H and O–H groups in total. The molecular weight excluding hydrogens is 317 g/mol.